The van der Waals surface area contributed by atoms with Gasteiger partial charge in [0.15, 0.2) is 6.10 Å². The van der Waals surface area contributed by atoms with Crippen molar-refractivity contribution in [3.05, 3.63) is 46.8 Å². The fraction of sp³-hybridized carbons (Fsp3) is 0.368. The second-order valence-electron chi connectivity index (χ2n) is 6.54. The number of esters is 1. The van der Waals surface area contributed by atoms with Crippen LogP contribution in [0.1, 0.15) is 41.2 Å². The van der Waals surface area contributed by atoms with E-state index in [1.165, 1.54) is 12.1 Å². The molecule has 2 rings (SSSR count). The molecule has 0 fully saturated rings. The molecule has 1 aromatic carbocycles. The first-order valence-corrected chi connectivity index (χ1v) is 8.65. The number of carbonyl (C=O) groups excluding carboxylic acids is 3. The summed E-state index contributed by atoms with van der Waals surface area (Å²) in [5, 5.41) is 5.78. The lowest BCUT2D eigenvalue weighted by Gasteiger charge is -2.19. The number of aromatic nitrogens is 1. The van der Waals surface area contributed by atoms with Crippen LogP contribution >= 0.6 is 0 Å². The van der Waals surface area contributed by atoms with Crippen LogP contribution in [0.3, 0.4) is 0 Å². The second-order valence-corrected chi connectivity index (χ2v) is 6.54. The van der Waals surface area contributed by atoms with Crippen LogP contribution < -0.4 is 15.8 Å². The third-order valence-electron chi connectivity index (χ3n) is 4.00. The molecule has 2 aromatic rings. The van der Waals surface area contributed by atoms with Crippen LogP contribution in [-0.2, 0) is 16.1 Å². The third-order valence-corrected chi connectivity index (χ3v) is 4.00. The number of nitrogens with zero attached hydrogens (tertiary/aromatic N) is 1. The SMILES string of the molecule is Cc1noc(C)c1COc1ccc(C(=O)OC(C(=O)NC(N)=O)C(C)C)cc1. The van der Waals surface area contributed by atoms with Crippen LogP contribution in [0, 0.1) is 19.8 Å². The maximum atomic E-state index is 12.3. The summed E-state index contributed by atoms with van der Waals surface area (Å²) in [6, 6.07) is 5.26. The number of amides is 3. The molecule has 0 radical (unpaired) electrons. The number of rotatable bonds is 7. The molecule has 0 saturated heterocycles. The molecule has 9 heteroatoms. The Morgan fingerprint density at radius 3 is 2.32 bits per heavy atom. The van der Waals surface area contributed by atoms with E-state index in [9.17, 15) is 14.4 Å². The molecule has 0 spiro atoms. The van der Waals surface area contributed by atoms with Crippen molar-refractivity contribution in [2.45, 2.75) is 40.4 Å². The molecule has 0 aliphatic rings. The molecule has 1 aromatic heterocycles. The summed E-state index contributed by atoms with van der Waals surface area (Å²) < 4.78 is 16.0. The zero-order valence-electron chi connectivity index (χ0n) is 16.1. The van der Waals surface area contributed by atoms with Gasteiger partial charge >= 0.3 is 12.0 Å². The first-order chi connectivity index (χ1) is 13.2. The van der Waals surface area contributed by atoms with Gasteiger partial charge in [-0.1, -0.05) is 19.0 Å². The minimum absolute atomic E-state index is 0.238. The zero-order valence-corrected chi connectivity index (χ0v) is 16.1. The van der Waals surface area contributed by atoms with Crippen molar-refractivity contribution >= 4 is 17.9 Å². The quantitative estimate of drug-likeness (QED) is 0.694. The van der Waals surface area contributed by atoms with E-state index in [1.807, 2.05) is 12.2 Å². The summed E-state index contributed by atoms with van der Waals surface area (Å²) in [4.78, 5) is 35.1. The van der Waals surface area contributed by atoms with Gasteiger partial charge in [0.1, 0.15) is 18.1 Å². The Bertz CT molecular complexity index is 838. The van der Waals surface area contributed by atoms with Crippen molar-refractivity contribution in [1.29, 1.82) is 0 Å². The number of aryl methyl sites for hydroxylation is 2. The van der Waals surface area contributed by atoms with E-state index in [4.69, 9.17) is 19.7 Å². The number of benzene rings is 1. The van der Waals surface area contributed by atoms with Crippen molar-refractivity contribution in [1.82, 2.24) is 10.5 Å². The molecule has 9 nitrogen and oxygen atoms in total. The minimum Gasteiger partial charge on any atom is -0.489 e. The van der Waals surface area contributed by atoms with Crippen molar-refractivity contribution in [3.63, 3.8) is 0 Å². The van der Waals surface area contributed by atoms with Crippen LogP contribution in [-0.4, -0.2) is 29.2 Å². The van der Waals surface area contributed by atoms with Crippen LogP contribution in [0.25, 0.3) is 0 Å². The number of imide groups is 1. The fourth-order valence-electron chi connectivity index (χ4n) is 2.42. The van der Waals surface area contributed by atoms with E-state index in [0.29, 0.717) is 11.5 Å². The first kappa shape index (κ1) is 20.9. The van der Waals surface area contributed by atoms with E-state index >= 15 is 0 Å². The second kappa shape index (κ2) is 9.03. The topological polar surface area (TPSA) is 134 Å². The number of urea groups is 1. The van der Waals surface area contributed by atoms with Crippen LogP contribution in [0.4, 0.5) is 4.79 Å². The average molecular weight is 389 g/mol. The molecule has 150 valence electrons. The summed E-state index contributed by atoms with van der Waals surface area (Å²) in [6.45, 7) is 7.28. The molecule has 1 heterocycles. The molecule has 3 amide bonds. The molecular weight excluding hydrogens is 366 g/mol. The molecule has 0 aliphatic carbocycles. The summed E-state index contributed by atoms with van der Waals surface area (Å²) in [6.07, 6.45) is -1.14. The summed E-state index contributed by atoms with van der Waals surface area (Å²) in [7, 11) is 0. The predicted octanol–water partition coefficient (Wildman–Crippen LogP) is 2.25. The van der Waals surface area contributed by atoms with Gasteiger partial charge in [0.2, 0.25) is 0 Å². The summed E-state index contributed by atoms with van der Waals surface area (Å²) in [5.74, 6) is -0.582. The van der Waals surface area contributed by atoms with Crippen molar-refractivity contribution in [2.75, 3.05) is 0 Å². The molecule has 3 N–H and O–H groups in total. The Hall–Kier alpha value is -3.36. The van der Waals surface area contributed by atoms with Crippen molar-refractivity contribution < 1.29 is 28.4 Å². The minimum atomic E-state index is -1.14. The van der Waals surface area contributed by atoms with E-state index in [0.717, 1.165) is 11.3 Å². The highest BCUT2D eigenvalue weighted by atomic mass is 16.5. The van der Waals surface area contributed by atoms with Gasteiger partial charge in [-0.15, -0.1) is 0 Å². The highest BCUT2D eigenvalue weighted by Gasteiger charge is 2.27. The lowest BCUT2D eigenvalue weighted by molar-refractivity contribution is -0.130. The average Bonchev–Trinajstić information content (AvgIpc) is 2.95. The van der Waals surface area contributed by atoms with Gasteiger partial charge in [-0.05, 0) is 44.0 Å². The summed E-state index contributed by atoms with van der Waals surface area (Å²) >= 11 is 0. The number of primary amides is 1. The number of carbonyl (C=O) groups is 3. The van der Waals surface area contributed by atoms with E-state index in [-0.39, 0.29) is 18.1 Å². The number of nitrogens with one attached hydrogen (secondary N) is 1. The van der Waals surface area contributed by atoms with E-state index in [2.05, 4.69) is 5.16 Å². The lowest BCUT2D eigenvalue weighted by atomic mass is 10.1. The highest BCUT2D eigenvalue weighted by molar-refractivity contribution is 5.98. The van der Waals surface area contributed by atoms with Crippen molar-refractivity contribution in [3.8, 4) is 5.75 Å². The van der Waals surface area contributed by atoms with Gasteiger partial charge in [-0.3, -0.25) is 10.1 Å². The lowest BCUT2D eigenvalue weighted by Crippen LogP contribution is -2.45. The third kappa shape index (κ3) is 5.32. The van der Waals surface area contributed by atoms with Gasteiger partial charge in [-0.25, -0.2) is 9.59 Å². The number of hydrogen-bond donors (Lipinski definition) is 2. The van der Waals surface area contributed by atoms with Gasteiger partial charge in [-0.2, -0.15) is 0 Å². The first-order valence-electron chi connectivity index (χ1n) is 8.65. The molecule has 28 heavy (non-hydrogen) atoms. The molecule has 0 bridgehead atoms. The summed E-state index contributed by atoms with van der Waals surface area (Å²) in [5.41, 5.74) is 6.80. The predicted molar refractivity (Wildman–Crippen MR) is 98.5 cm³/mol. The largest absolute Gasteiger partial charge is 0.489 e. The molecular formula is C19H23N3O6. The molecule has 1 atom stereocenters. The van der Waals surface area contributed by atoms with Crippen LogP contribution in [0.15, 0.2) is 28.8 Å². The zero-order chi connectivity index (χ0) is 20.8. The normalized spacial score (nSPS) is 11.8. The van der Waals surface area contributed by atoms with Gasteiger partial charge in [0.25, 0.3) is 5.91 Å². The van der Waals surface area contributed by atoms with Gasteiger partial charge in [0, 0.05) is 0 Å². The van der Waals surface area contributed by atoms with E-state index < -0.39 is 24.0 Å². The van der Waals surface area contributed by atoms with E-state index in [1.54, 1.807) is 32.9 Å². The van der Waals surface area contributed by atoms with Crippen LogP contribution in [0.5, 0.6) is 5.75 Å². The fourth-order valence-corrected chi connectivity index (χ4v) is 2.42. The number of ether oxygens (including phenoxy) is 2. The molecule has 1 unspecified atom stereocenters. The Labute approximate surface area is 162 Å². The monoisotopic (exact) mass is 389 g/mol. The maximum Gasteiger partial charge on any atom is 0.338 e. The molecule has 0 saturated carbocycles. The Kier molecular flexibility index (Phi) is 6.75. The van der Waals surface area contributed by atoms with Crippen molar-refractivity contribution in [2.24, 2.45) is 11.7 Å². The van der Waals surface area contributed by atoms with Gasteiger partial charge < -0.3 is 19.7 Å². The number of hydrogen-bond acceptors (Lipinski definition) is 7. The standard InChI is InChI=1S/C19H23N3O6/c1-10(2)16(17(23)21-19(20)25)27-18(24)13-5-7-14(8-6-13)26-9-15-11(3)22-28-12(15)4/h5-8,10,16H,9H2,1-4H3,(H3,20,21,23,25). The number of nitrogens with two attached hydrogens (primary N) is 1. The van der Waals surface area contributed by atoms with Crippen LogP contribution in [0.2, 0.25) is 0 Å². The maximum absolute atomic E-state index is 12.3. The van der Waals surface area contributed by atoms with Gasteiger partial charge in [0.05, 0.1) is 16.8 Å². The Morgan fingerprint density at radius 1 is 1.18 bits per heavy atom. The smallest absolute Gasteiger partial charge is 0.338 e. The Balaban J connectivity index is 2.00. The molecule has 0 aliphatic heterocycles. The highest BCUT2D eigenvalue weighted by Crippen LogP contribution is 2.19. The Morgan fingerprint density at radius 2 is 1.82 bits per heavy atom.